The molecule has 2 N–H and O–H groups in total. The standard InChI is InChI=1S/C24H23Cl2N5O2/c25-17-5-8-21(20(26)11-17)31-23(16-3-4-16)19(13-29-31)24(33)28-12-15-1-6-18(7-2-15)30-10-9-27-22(32)14-30/h1-2,5-8,11,13,16H,3-4,9-10,12,14H2,(H,27,32)(H,28,33). The molecule has 5 rings (SSSR count). The normalized spacial score (nSPS) is 15.9. The summed E-state index contributed by atoms with van der Waals surface area (Å²) >= 11 is 12.4. The molecule has 2 aliphatic rings. The van der Waals surface area contributed by atoms with E-state index in [1.54, 1.807) is 23.0 Å². The largest absolute Gasteiger partial charge is 0.360 e. The third-order valence-corrected chi connectivity index (χ3v) is 6.48. The zero-order valence-electron chi connectivity index (χ0n) is 17.9. The summed E-state index contributed by atoms with van der Waals surface area (Å²) in [5.74, 6) is 0.163. The molecule has 0 bridgehead atoms. The minimum absolute atomic E-state index is 0.0319. The molecule has 0 unspecified atom stereocenters. The van der Waals surface area contributed by atoms with Gasteiger partial charge >= 0.3 is 0 Å². The lowest BCUT2D eigenvalue weighted by Crippen LogP contribution is -2.47. The average Bonchev–Trinajstić information content (AvgIpc) is 3.56. The lowest BCUT2D eigenvalue weighted by Gasteiger charge is -2.28. The van der Waals surface area contributed by atoms with E-state index < -0.39 is 0 Å². The number of nitrogens with zero attached hydrogens (tertiary/aromatic N) is 3. The number of amides is 2. The highest BCUT2D eigenvalue weighted by Gasteiger charge is 2.33. The molecule has 2 fully saturated rings. The Morgan fingerprint density at radius 2 is 1.94 bits per heavy atom. The first-order chi connectivity index (χ1) is 16.0. The predicted octanol–water partition coefficient (Wildman–Crippen LogP) is 3.92. The maximum absolute atomic E-state index is 13.0. The lowest BCUT2D eigenvalue weighted by atomic mass is 10.1. The van der Waals surface area contributed by atoms with Gasteiger partial charge in [-0.3, -0.25) is 9.59 Å². The molecule has 2 aromatic carbocycles. The van der Waals surface area contributed by atoms with E-state index in [0.29, 0.717) is 46.8 Å². The number of hydrogen-bond acceptors (Lipinski definition) is 4. The van der Waals surface area contributed by atoms with Crippen LogP contribution >= 0.6 is 23.2 Å². The summed E-state index contributed by atoms with van der Waals surface area (Å²) < 4.78 is 1.76. The molecular formula is C24H23Cl2N5O2. The number of hydrogen-bond donors (Lipinski definition) is 2. The van der Waals surface area contributed by atoms with Crippen molar-refractivity contribution in [1.29, 1.82) is 0 Å². The Bertz CT molecular complexity index is 1200. The fourth-order valence-corrected chi connectivity index (χ4v) is 4.58. The van der Waals surface area contributed by atoms with Crippen LogP contribution in [0.5, 0.6) is 0 Å². The molecule has 1 aliphatic carbocycles. The van der Waals surface area contributed by atoms with Crippen molar-refractivity contribution in [2.75, 3.05) is 24.5 Å². The minimum atomic E-state index is -0.162. The number of carbonyl (C=O) groups is 2. The van der Waals surface area contributed by atoms with Crippen molar-refractivity contribution in [1.82, 2.24) is 20.4 Å². The van der Waals surface area contributed by atoms with Gasteiger partial charge in [0.2, 0.25) is 5.91 Å². The Morgan fingerprint density at radius 1 is 1.15 bits per heavy atom. The van der Waals surface area contributed by atoms with E-state index in [0.717, 1.165) is 36.3 Å². The number of benzene rings is 2. The van der Waals surface area contributed by atoms with Crippen molar-refractivity contribution in [3.05, 3.63) is 75.5 Å². The summed E-state index contributed by atoms with van der Waals surface area (Å²) in [4.78, 5) is 26.7. The molecule has 0 radical (unpaired) electrons. The van der Waals surface area contributed by atoms with Gasteiger partial charge in [0.15, 0.2) is 0 Å². The van der Waals surface area contributed by atoms with Crippen LogP contribution in [0.4, 0.5) is 5.69 Å². The third-order valence-electron chi connectivity index (χ3n) is 5.95. The summed E-state index contributed by atoms with van der Waals surface area (Å²) in [6, 6.07) is 13.2. The van der Waals surface area contributed by atoms with Gasteiger partial charge in [0.25, 0.3) is 5.91 Å². The summed E-state index contributed by atoms with van der Waals surface area (Å²) in [7, 11) is 0. The molecule has 1 aromatic heterocycles. The van der Waals surface area contributed by atoms with Crippen molar-refractivity contribution in [2.45, 2.75) is 25.3 Å². The molecule has 0 spiro atoms. The van der Waals surface area contributed by atoms with Crippen LogP contribution in [0.15, 0.2) is 48.7 Å². The molecule has 7 nitrogen and oxygen atoms in total. The van der Waals surface area contributed by atoms with Gasteiger partial charge in [0, 0.05) is 36.3 Å². The second-order valence-electron chi connectivity index (χ2n) is 8.35. The number of piperazine rings is 1. The van der Waals surface area contributed by atoms with Gasteiger partial charge in [-0.2, -0.15) is 5.10 Å². The number of rotatable bonds is 6. The summed E-state index contributed by atoms with van der Waals surface area (Å²) in [5, 5.41) is 11.4. The first-order valence-electron chi connectivity index (χ1n) is 10.9. The van der Waals surface area contributed by atoms with Crippen LogP contribution in [0.25, 0.3) is 5.69 Å². The average molecular weight is 484 g/mol. The van der Waals surface area contributed by atoms with Crippen molar-refractivity contribution in [3.63, 3.8) is 0 Å². The van der Waals surface area contributed by atoms with Gasteiger partial charge in [0.1, 0.15) is 0 Å². The highest BCUT2D eigenvalue weighted by atomic mass is 35.5. The zero-order chi connectivity index (χ0) is 22.9. The van der Waals surface area contributed by atoms with Crippen molar-refractivity contribution in [2.24, 2.45) is 0 Å². The van der Waals surface area contributed by atoms with Gasteiger partial charge in [-0.1, -0.05) is 35.3 Å². The molecule has 0 atom stereocenters. The molecular weight excluding hydrogens is 461 g/mol. The Kier molecular flexibility index (Phi) is 6.00. The molecule has 2 heterocycles. The Labute approximate surface area is 201 Å². The maximum Gasteiger partial charge on any atom is 0.255 e. The Balaban J connectivity index is 1.29. The minimum Gasteiger partial charge on any atom is -0.360 e. The van der Waals surface area contributed by atoms with E-state index in [2.05, 4.69) is 15.7 Å². The van der Waals surface area contributed by atoms with Gasteiger partial charge in [-0.15, -0.1) is 0 Å². The van der Waals surface area contributed by atoms with Gasteiger partial charge in [-0.05, 0) is 48.7 Å². The van der Waals surface area contributed by atoms with E-state index in [4.69, 9.17) is 23.2 Å². The highest BCUT2D eigenvalue weighted by Crippen LogP contribution is 2.43. The van der Waals surface area contributed by atoms with Crippen LogP contribution in [0, 0.1) is 0 Å². The molecule has 3 aromatic rings. The summed E-state index contributed by atoms with van der Waals surface area (Å²) in [6.45, 7) is 2.19. The topological polar surface area (TPSA) is 79.3 Å². The molecule has 2 amide bonds. The second kappa shape index (κ2) is 9.08. The van der Waals surface area contributed by atoms with Crippen LogP contribution in [0.3, 0.4) is 0 Å². The number of nitrogens with one attached hydrogen (secondary N) is 2. The Morgan fingerprint density at radius 3 is 2.64 bits per heavy atom. The van der Waals surface area contributed by atoms with Crippen molar-refractivity contribution in [3.8, 4) is 5.69 Å². The third kappa shape index (κ3) is 4.70. The van der Waals surface area contributed by atoms with E-state index in [-0.39, 0.29) is 11.8 Å². The van der Waals surface area contributed by atoms with E-state index in [1.165, 1.54) is 0 Å². The maximum atomic E-state index is 13.0. The lowest BCUT2D eigenvalue weighted by molar-refractivity contribution is -0.120. The van der Waals surface area contributed by atoms with Crippen LogP contribution in [-0.2, 0) is 11.3 Å². The summed E-state index contributed by atoms with van der Waals surface area (Å²) in [6.07, 6.45) is 3.65. The Hall–Kier alpha value is -3.03. The number of carbonyl (C=O) groups excluding carboxylic acids is 2. The van der Waals surface area contributed by atoms with Crippen molar-refractivity contribution >= 4 is 40.7 Å². The van der Waals surface area contributed by atoms with Crippen molar-refractivity contribution < 1.29 is 9.59 Å². The van der Waals surface area contributed by atoms with E-state index in [9.17, 15) is 9.59 Å². The molecule has 33 heavy (non-hydrogen) atoms. The molecule has 1 saturated carbocycles. The quantitative estimate of drug-likeness (QED) is 0.556. The zero-order valence-corrected chi connectivity index (χ0v) is 19.4. The monoisotopic (exact) mass is 483 g/mol. The van der Waals surface area contributed by atoms with Crippen LogP contribution in [-0.4, -0.2) is 41.2 Å². The smallest absolute Gasteiger partial charge is 0.255 e. The highest BCUT2D eigenvalue weighted by molar-refractivity contribution is 6.35. The van der Waals surface area contributed by atoms with E-state index in [1.807, 2.05) is 35.2 Å². The van der Waals surface area contributed by atoms with Gasteiger partial charge in [0.05, 0.1) is 34.7 Å². The fourth-order valence-electron chi connectivity index (χ4n) is 4.09. The second-order valence-corrected chi connectivity index (χ2v) is 9.19. The van der Waals surface area contributed by atoms with Crippen LogP contribution in [0.1, 0.15) is 40.4 Å². The molecule has 9 heteroatoms. The number of anilines is 1. The first kappa shape index (κ1) is 21.8. The first-order valence-corrected chi connectivity index (χ1v) is 11.7. The molecule has 1 aliphatic heterocycles. The van der Waals surface area contributed by atoms with Gasteiger partial charge < -0.3 is 15.5 Å². The number of aromatic nitrogens is 2. The molecule has 1 saturated heterocycles. The number of halogens is 2. The predicted molar refractivity (Wildman–Crippen MR) is 128 cm³/mol. The fraction of sp³-hybridized carbons (Fsp3) is 0.292. The van der Waals surface area contributed by atoms with Gasteiger partial charge in [-0.25, -0.2) is 4.68 Å². The molecule has 170 valence electrons. The van der Waals surface area contributed by atoms with Crippen LogP contribution < -0.4 is 15.5 Å². The van der Waals surface area contributed by atoms with Crippen LogP contribution in [0.2, 0.25) is 10.0 Å². The SMILES string of the molecule is O=C1CN(c2ccc(CNC(=O)c3cnn(-c4ccc(Cl)cc4Cl)c3C3CC3)cc2)CCN1. The van der Waals surface area contributed by atoms with E-state index >= 15 is 0 Å². The summed E-state index contributed by atoms with van der Waals surface area (Å²) in [5.41, 5.74) is 4.14.